The van der Waals surface area contributed by atoms with E-state index < -0.39 is 12.0 Å². The highest BCUT2D eigenvalue weighted by Gasteiger charge is 2.23. The van der Waals surface area contributed by atoms with Crippen molar-refractivity contribution < 1.29 is 14.3 Å². The van der Waals surface area contributed by atoms with E-state index in [0.717, 1.165) is 6.54 Å². The van der Waals surface area contributed by atoms with Gasteiger partial charge in [-0.1, -0.05) is 20.8 Å². The van der Waals surface area contributed by atoms with E-state index in [-0.39, 0.29) is 11.3 Å². The van der Waals surface area contributed by atoms with Crippen molar-refractivity contribution >= 4 is 11.9 Å². The summed E-state index contributed by atoms with van der Waals surface area (Å²) in [7, 11) is 3.24. The molecule has 0 saturated carbocycles. The molecule has 1 amide bonds. The summed E-state index contributed by atoms with van der Waals surface area (Å²) in [5.74, 6) is -0.648. The first-order chi connectivity index (χ1) is 7.65. The second-order valence-corrected chi connectivity index (χ2v) is 5.53. The fourth-order valence-corrected chi connectivity index (χ4v) is 1.75. The number of nitrogens with zero attached hydrogens (tertiary/aromatic N) is 1. The number of likely N-dealkylation sites (N-methyl/N-ethyl adjacent to an activating group) is 1. The summed E-state index contributed by atoms with van der Waals surface area (Å²) in [4.78, 5) is 24.5. The van der Waals surface area contributed by atoms with Gasteiger partial charge in [0.1, 0.15) is 6.04 Å². The van der Waals surface area contributed by atoms with Crippen molar-refractivity contribution in [3.8, 4) is 0 Å². The molecule has 0 aromatic heterocycles. The summed E-state index contributed by atoms with van der Waals surface area (Å²) >= 11 is 0. The molecule has 0 aromatic carbocycles. The molecule has 0 aromatic rings. The number of rotatable bonds is 5. The molecule has 1 unspecified atom stereocenters. The van der Waals surface area contributed by atoms with Crippen molar-refractivity contribution in [2.45, 2.75) is 33.7 Å². The van der Waals surface area contributed by atoms with Gasteiger partial charge in [-0.3, -0.25) is 4.79 Å². The van der Waals surface area contributed by atoms with Gasteiger partial charge in [-0.15, -0.1) is 0 Å². The van der Waals surface area contributed by atoms with Crippen LogP contribution in [0.1, 0.15) is 27.7 Å². The first-order valence-corrected chi connectivity index (χ1v) is 5.69. The molecule has 0 fully saturated rings. The zero-order valence-electron chi connectivity index (χ0n) is 11.7. The van der Waals surface area contributed by atoms with Crippen LogP contribution < -0.4 is 5.32 Å². The molecule has 0 rings (SSSR count). The molecule has 17 heavy (non-hydrogen) atoms. The Morgan fingerprint density at radius 3 is 2.24 bits per heavy atom. The molecule has 0 aliphatic carbocycles. The van der Waals surface area contributed by atoms with E-state index in [9.17, 15) is 9.59 Å². The highest BCUT2D eigenvalue weighted by molar-refractivity contribution is 5.83. The van der Waals surface area contributed by atoms with Crippen LogP contribution in [-0.2, 0) is 14.3 Å². The topological polar surface area (TPSA) is 58.6 Å². The Bertz CT molecular complexity index is 271. The molecule has 0 bridgehead atoms. The standard InChI is InChI=1S/C12H24N2O3/c1-9(15)13-10(11(16)17-6)7-14(5)8-12(2,3)4/h10H,7-8H2,1-6H3,(H,13,15). The van der Waals surface area contributed by atoms with Gasteiger partial charge in [0.05, 0.1) is 7.11 Å². The molecule has 0 heterocycles. The lowest BCUT2D eigenvalue weighted by Crippen LogP contribution is -2.48. The average Bonchev–Trinajstić information content (AvgIpc) is 2.11. The van der Waals surface area contributed by atoms with Crippen molar-refractivity contribution in [1.29, 1.82) is 0 Å². The number of methoxy groups -OCH3 is 1. The molecule has 0 radical (unpaired) electrons. The van der Waals surface area contributed by atoms with Gasteiger partial charge in [-0.05, 0) is 12.5 Å². The van der Waals surface area contributed by atoms with Crippen LogP contribution in [0.2, 0.25) is 0 Å². The van der Waals surface area contributed by atoms with Gasteiger partial charge in [-0.25, -0.2) is 4.79 Å². The van der Waals surface area contributed by atoms with Gasteiger partial charge in [0.25, 0.3) is 0 Å². The fraction of sp³-hybridized carbons (Fsp3) is 0.833. The van der Waals surface area contributed by atoms with Crippen LogP contribution in [0.3, 0.4) is 0 Å². The Kier molecular flexibility index (Phi) is 6.16. The van der Waals surface area contributed by atoms with E-state index in [2.05, 4.69) is 30.8 Å². The normalized spacial score (nSPS) is 13.4. The number of nitrogens with one attached hydrogen (secondary N) is 1. The van der Waals surface area contributed by atoms with Crippen LogP contribution in [0, 0.1) is 5.41 Å². The summed E-state index contributed by atoms with van der Waals surface area (Å²) in [5, 5.41) is 2.59. The third-order valence-corrected chi connectivity index (χ3v) is 2.10. The zero-order chi connectivity index (χ0) is 13.6. The molecule has 100 valence electrons. The zero-order valence-corrected chi connectivity index (χ0v) is 11.7. The van der Waals surface area contributed by atoms with Gasteiger partial charge in [-0.2, -0.15) is 0 Å². The number of carbonyl (C=O) groups excluding carboxylic acids is 2. The van der Waals surface area contributed by atoms with E-state index in [4.69, 9.17) is 0 Å². The minimum absolute atomic E-state index is 0.144. The number of amides is 1. The Labute approximate surface area is 103 Å². The number of esters is 1. The molecule has 5 nitrogen and oxygen atoms in total. The van der Waals surface area contributed by atoms with Gasteiger partial charge >= 0.3 is 5.97 Å². The highest BCUT2D eigenvalue weighted by Crippen LogP contribution is 2.14. The van der Waals surface area contributed by atoms with Crippen molar-refractivity contribution in [1.82, 2.24) is 10.2 Å². The Morgan fingerprint density at radius 2 is 1.88 bits per heavy atom. The number of carbonyl (C=O) groups is 2. The summed E-state index contributed by atoms with van der Waals surface area (Å²) in [6.45, 7) is 9.03. The maximum Gasteiger partial charge on any atom is 0.329 e. The fourth-order valence-electron chi connectivity index (χ4n) is 1.75. The molecular formula is C12H24N2O3. The van der Waals surface area contributed by atoms with E-state index in [1.54, 1.807) is 0 Å². The Balaban J connectivity index is 4.42. The predicted octanol–water partition coefficient (Wildman–Crippen LogP) is 0.642. The summed E-state index contributed by atoms with van der Waals surface area (Å²) in [6, 6.07) is -0.607. The van der Waals surface area contributed by atoms with E-state index in [0.29, 0.717) is 6.54 Å². The summed E-state index contributed by atoms with van der Waals surface area (Å²) < 4.78 is 4.66. The second-order valence-electron chi connectivity index (χ2n) is 5.53. The lowest BCUT2D eigenvalue weighted by atomic mass is 9.96. The van der Waals surface area contributed by atoms with Crippen molar-refractivity contribution in [3.63, 3.8) is 0 Å². The quantitative estimate of drug-likeness (QED) is 0.721. The van der Waals surface area contributed by atoms with Crippen molar-refractivity contribution in [3.05, 3.63) is 0 Å². The first kappa shape index (κ1) is 15.9. The molecule has 0 spiro atoms. The lowest BCUT2D eigenvalue weighted by Gasteiger charge is -2.29. The Hall–Kier alpha value is -1.10. The number of hydrogen-bond acceptors (Lipinski definition) is 4. The van der Waals surface area contributed by atoms with Gasteiger partial charge in [0.2, 0.25) is 5.91 Å². The SMILES string of the molecule is COC(=O)C(CN(C)CC(C)(C)C)NC(C)=O. The molecule has 1 N–H and O–H groups in total. The summed E-state index contributed by atoms with van der Waals surface area (Å²) in [5.41, 5.74) is 0.144. The molecular weight excluding hydrogens is 220 g/mol. The molecule has 0 aliphatic heterocycles. The largest absolute Gasteiger partial charge is 0.467 e. The van der Waals surface area contributed by atoms with Crippen LogP contribution in [0.5, 0.6) is 0 Å². The second kappa shape index (κ2) is 6.59. The summed E-state index contributed by atoms with van der Waals surface area (Å²) in [6.07, 6.45) is 0. The maximum absolute atomic E-state index is 11.5. The van der Waals surface area contributed by atoms with E-state index >= 15 is 0 Å². The van der Waals surface area contributed by atoms with Crippen LogP contribution in [-0.4, -0.2) is 50.1 Å². The van der Waals surface area contributed by atoms with Crippen LogP contribution >= 0.6 is 0 Å². The third kappa shape index (κ3) is 7.74. The predicted molar refractivity (Wildman–Crippen MR) is 66.6 cm³/mol. The maximum atomic E-state index is 11.5. The minimum atomic E-state index is -0.607. The van der Waals surface area contributed by atoms with Crippen LogP contribution in [0.25, 0.3) is 0 Å². The molecule has 1 atom stereocenters. The van der Waals surface area contributed by atoms with E-state index in [1.165, 1.54) is 14.0 Å². The lowest BCUT2D eigenvalue weighted by molar-refractivity contribution is -0.145. The van der Waals surface area contributed by atoms with Gasteiger partial charge < -0.3 is 15.0 Å². The van der Waals surface area contributed by atoms with E-state index in [1.807, 2.05) is 11.9 Å². The van der Waals surface area contributed by atoms with Crippen LogP contribution in [0.15, 0.2) is 0 Å². The minimum Gasteiger partial charge on any atom is -0.467 e. The number of ether oxygens (including phenoxy) is 1. The molecule has 0 aliphatic rings. The van der Waals surface area contributed by atoms with Gasteiger partial charge in [0.15, 0.2) is 0 Å². The molecule has 0 saturated heterocycles. The first-order valence-electron chi connectivity index (χ1n) is 5.69. The van der Waals surface area contributed by atoms with Crippen molar-refractivity contribution in [2.75, 3.05) is 27.2 Å². The van der Waals surface area contributed by atoms with Crippen molar-refractivity contribution in [2.24, 2.45) is 5.41 Å². The average molecular weight is 244 g/mol. The number of hydrogen-bond donors (Lipinski definition) is 1. The highest BCUT2D eigenvalue weighted by atomic mass is 16.5. The van der Waals surface area contributed by atoms with Crippen LogP contribution in [0.4, 0.5) is 0 Å². The third-order valence-electron chi connectivity index (χ3n) is 2.10. The van der Waals surface area contributed by atoms with Gasteiger partial charge in [0, 0.05) is 20.0 Å². The monoisotopic (exact) mass is 244 g/mol. The smallest absolute Gasteiger partial charge is 0.329 e. The Morgan fingerprint density at radius 1 is 1.35 bits per heavy atom. The molecule has 5 heteroatoms.